The monoisotopic (exact) mass is 402 g/mol. The standard InChI is InChI=1S/C23H22N4O3/c24-14-18-11-16(1-2-23(18)30-20-4-9-29-10-5-20)17-3-6-25-19(12-17)13-21-22(15-28)27-8-7-26-21/h1-3,6-8,11-12,20,28H,4-5,9-10,13,15H2. The second-order valence-corrected chi connectivity index (χ2v) is 7.07. The van der Waals surface area contributed by atoms with Gasteiger partial charge in [0.25, 0.3) is 0 Å². The topological polar surface area (TPSA) is 101 Å². The fraction of sp³-hybridized carbons (Fsp3) is 0.304. The van der Waals surface area contributed by atoms with E-state index in [1.165, 1.54) is 0 Å². The van der Waals surface area contributed by atoms with Gasteiger partial charge in [-0.1, -0.05) is 6.07 Å². The summed E-state index contributed by atoms with van der Waals surface area (Å²) in [6.07, 6.45) is 7.11. The van der Waals surface area contributed by atoms with Crippen molar-refractivity contribution in [1.29, 1.82) is 5.26 Å². The van der Waals surface area contributed by atoms with Crippen LogP contribution in [-0.4, -0.2) is 39.4 Å². The van der Waals surface area contributed by atoms with Gasteiger partial charge in [-0.2, -0.15) is 5.26 Å². The minimum Gasteiger partial charge on any atom is -0.489 e. The van der Waals surface area contributed by atoms with Crippen LogP contribution in [-0.2, 0) is 17.8 Å². The van der Waals surface area contributed by atoms with E-state index < -0.39 is 0 Å². The first kappa shape index (κ1) is 20.0. The van der Waals surface area contributed by atoms with Crippen LogP contribution in [0, 0.1) is 11.3 Å². The average Bonchev–Trinajstić information content (AvgIpc) is 2.80. The number of hydrogen-bond donors (Lipinski definition) is 1. The SMILES string of the molecule is N#Cc1cc(-c2ccnc(Cc3nccnc3CO)c2)ccc1OC1CCOCC1. The van der Waals surface area contributed by atoms with Crippen molar-refractivity contribution < 1.29 is 14.6 Å². The predicted octanol–water partition coefficient (Wildman–Crippen LogP) is 3.05. The van der Waals surface area contributed by atoms with E-state index in [1.807, 2.05) is 30.3 Å². The van der Waals surface area contributed by atoms with Crippen LogP contribution < -0.4 is 4.74 Å². The van der Waals surface area contributed by atoms with Crippen molar-refractivity contribution in [3.05, 3.63) is 71.6 Å². The largest absolute Gasteiger partial charge is 0.489 e. The highest BCUT2D eigenvalue weighted by atomic mass is 16.5. The smallest absolute Gasteiger partial charge is 0.137 e. The number of benzene rings is 1. The summed E-state index contributed by atoms with van der Waals surface area (Å²) >= 11 is 0. The zero-order valence-electron chi connectivity index (χ0n) is 16.5. The first-order chi connectivity index (χ1) is 14.8. The Hall–Kier alpha value is -3.34. The molecule has 1 aliphatic heterocycles. The van der Waals surface area contributed by atoms with E-state index >= 15 is 0 Å². The number of aliphatic hydroxyl groups excluding tert-OH is 1. The summed E-state index contributed by atoms with van der Waals surface area (Å²) in [4.78, 5) is 12.9. The number of nitrogens with zero attached hydrogens (tertiary/aromatic N) is 4. The van der Waals surface area contributed by atoms with Crippen LogP contribution in [0.25, 0.3) is 11.1 Å². The van der Waals surface area contributed by atoms with Gasteiger partial charge in [-0.05, 0) is 35.4 Å². The fourth-order valence-electron chi connectivity index (χ4n) is 3.47. The van der Waals surface area contributed by atoms with Crippen molar-refractivity contribution in [3.63, 3.8) is 0 Å². The molecular weight excluding hydrogens is 380 g/mol. The van der Waals surface area contributed by atoms with Crippen LogP contribution in [0.3, 0.4) is 0 Å². The van der Waals surface area contributed by atoms with E-state index in [9.17, 15) is 10.4 Å². The molecule has 0 radical (unpaired) electrons. The molecule has 0 unspecified atom stereocenters. The van der Waals surface area contributed by atoms with E-state index in [1.54, 1.807) is 18.6 Å². The van der Waals surface area contributed by atoms with Gasteiger partial charge in [-0.3, -0.25) is 15.0 Å². The summed E-state index contributed by atoms with van der Waals surface area (Å²) < 4.78 is 11.4. The predicted molar refractivity (Wildman–Crippen MR) is 110 cm³/mol. The lowest BCUT2D eigenvalue weighted by Gasteiger charge is -2.23. The molecule has 0 aliphatic carbocycles. The molecule has 1 N–H and O–H groups in total. The minimum atomic E-state index is -0.164. The van der Waals surface area contributed by atoms with Gasteiger partial charge in [0.15, 0.2) is 0 Å². The van der Waals surface area contributed by atoms with Crippen molar-refractivity contribution >= 4 is 0 Å². The number of nitriles is 1. The van der Waals surface area contributed by atoms with Crippen LogP contribution in [0.4, 0.5) is 0 Å². The first-order valence-corrected chi connectivity index (χ1v) is 9.90. The van der Waals surface area contributed by atoms with Gasteiger partial charge in [0.1, 0.15) is 17.9 Å². The molecule has 3 aromatic rings. The molecule has 0 saturated carbocycles. The summed E-state index contributed by atoms with van der Waals surface area (Å²) in [5.41, 5.74) is 4.42. The van der Waals surface area contributed by atoms with E-state index in [4.69, 9.17) is 9.47 Å². The summed E-state index contributed by atoms with van der Waals surface area (Å²) in [5.74, 6) is 0.606. The molecule has 0 spiro atoms. The Morgan fingerprint density at radius 1 is 1.00 bits per heavy atom. The van der Waals surface area contributed by atoms with Crippen LogP contribution >= 0.6 is 0 Å². The highest BCUT2D eigenvalue weighted by Gasteiger charge is 2.17. The van der Waals surface area contributed by atoms with Crippen LogP contribution in [0.15, 0.2) is 48.9 Å². The van der Waals surface area contributed by atoms with E-state index in [0.29, 0.717) is 42.3 Å². The van der Waals surface area contributed by atoms with Gasteiger partial charge in [0.2, 0.25) is 0 Å². The molecule has 1 aromatic carbocycles. The van der Waals surface area contributed by atoms with Gasteiger partial charge in [0.05, 0.1) is 36.8 Å². The first-order valence-electron chi connectivity index (χ1n) is 9.90. The summed E-state index contributed by atoms with van der Waals surface area (Å²) in [5, 5.41) is 19.1. The van der Waals surface area contributed by atoms with Crippen molar-refractivity contribution in [2.24, 2.45) is 0 Å². The molecule has 152 valence electrons. The molecule has 30 heavy (non-hydrogen) atoms. The van der Waals surface area contributed by atoms with Crippen molar-refractivity contribution in [2.75, 3.05) is 13.2 Å². The van der Waals surface area contributed by atoms with Crippen molar-refractivity contribution in [3.8, 4) is 22.9 Å². The molecule has 3 heterocycles. The van der Waals surface area contributed by atoms with E-state index in [-0.39, 0.29) is 12.7 Å². The highest BCUT2D eigenvalue weighted by molar-refractivity contribution is 5.67. The van der Waals surface area contributed by atoms with Crippen LogP contribution in [0.1, 0.15) is 35.5 Å². The number of ether oxygens (including phenoxy) is 2. The Balaban J connectivity index is 1.56. The number of aliphatic hydroxyl groups is 1. The Bertz CT molecular complexity index is 1060. The normalized spacial score (nSPS) is 14.3. The number of pyridine rings is 1. The average molecular weight is 402 g/mol. The molecule has 4 rings (SSSR count). The molecule has 0 amide bonds. The van der Waals surface area contributed by atoms with Gasteiger partial charge in [0, 0.05) is 43.5 Å². The summed E-state index contributed by atoms with van der Waals surface area (Å²) in [7, 11) is 0. The number of rotatable bonds is 6. The lowest BCUT2D eigenvalue weighted by Crippen LogP contribution is -2.26. The zero-order valence-corrected chi connectivity index (χ0v) is 16.5. The molecule has 1 aliphatic rings. The zero-order chi connectivity index (χ0) is 20.8. The maximum Gasteiger partial charge on any atom is 0.137 e. The third kappa shape index (κ3) is 4.62. The Labute approximate surface area is 175 Å². The number of hydrogen-bond acceptors (Lipinski definition) is 7. The maximum atomic E-state index is 9.62. The second kappa shape index (κ2) is 9.44. The van der Waals surface area contributed by atoms with E-state index in [0.717, 1.165) is 29.7 Å². The molecule has 0 bridgehead atoms. The molecule has 7 heteroatoms. The third-order valence-corrected chi connectivity index (χ3v) is 5.07. The summed E-state index contributed by atoms with van der Waals surface area (Å²) in [6, 6.07) is 11.8. The van der Waals surface area contributed by atoms with Gasteiger partial charge in [-0.15, -0.1) is 0 Å². The molecule has 1 saturated heterocycles. The fourth-order valence-corrected chi connectivity index (χ4v) is 3.47. The molecule has 0 atom stereocenters. The Kier molecular flexibility index (Phi) is 6.28. The number of aromatic nitrogens is 3. The molecular formula is C23H22N4O3. The van der Waals surface area contributed by atoms with Crippen LogP contribution in [0.2, 0.25) is 0 Å². The maximum absolute atomic E-state index is 9.62. The van der Waals surface area contributed by atoms with Gasteiger partial charge in [-0.25, -0.2) is 0 Å². The molecule has 7 nitrogen and oxygen atoms in total. The van der Waals surface area contributed by atoms with Crippen molar-refractivity contribution in [1.82, 2.24) is 15.0 Å². The molecule has 1 fully saturated rings. The lowest BCUT2D eigenvalue weighted by atomic mass is 10.0. The second-order valence-electron chi connectivity index (χ2n) is 7.07. The van der Waals surface area contributed by atoms with Gasteiger partial charge >= 0.3 is 0 Å². The third-order valence-electron chi connectivity index (χ3n) is 5.07. The van der Waals surface area contributed by atoms with Crippen molar-refractivity contribution in [2.45, 2.75) is 32.0 Å². The lowest BCUT2D eigenvalue weighted by molar-refractivity contribution is 0.0254. The minimum absolute atomic E-state index is 0.0805. The Morgan fingerprint density at radius 3 is 2.53 bits per heavy atom. The van der Waals surface area contributed by atoms with E-state index in [2.05, 4.69) is 21.0 Å². The van der Waals surface area contributed by atoms with Gasteiger partial charge < -0.3 is 14.6 Å². The Morgan fingerprint density at radius 2 is 1.77 bits per heavy atom. The quantitative estimate of drug-likeness (QED) is 0.676. The molecule has 2 aromatic heterocycles. The highest BCUT2D eigenvalue weighted by Crippen LogP contribution is 2.28. The van der Waals surface area contributed by atoms with Crippen LogP contribution in [0.5, 0.6) is 5.75 Å². The summed E-state index contributed by atoms with van der Waals surface area (Å²) in [6.45, 7) is 1.21.